The number of nitrogens with zero attached hydrogens (tertiary/aromatic N) is 4. The molecule has 1 aromatic carbocycles. The number of amides is 2. The van der Waals surface area contributed by atoms with Crippen molar-refractivity contribution in [3.63, 3.8) is 0 Å². The average Bonchev–Trinajstić information content (AvgIpc) is 3.41. The van der Waals surface area contributed by atoms with Crippen molar-refractivity contribution < 1.29 is 14.4 Å². The van der Waals surface area contributed by atoms with E-state index in [1.54, 1.807) is 12.3 Å². The van der Waals surface area contributed by atoms with Crippen molar-refractivity contribution in [2.75, 3.05) is 0 Å². The maximum atomic E-state index is 12.9. The van der Waals surface area contributed by atoms with Crippen LogP contribution >= 0.6 is 0 Å². The van der Waals surface area contributed by atoms with Crippen LogP contribution in [0.5, 0.6) is 0 Å². The number of para-hydroxylation sites is 1. The molecule has 30 heavy (non-hydrogen) atoms. The van der Waals surface area contributed by atoms with Crippen molar-refractivity contribution in [3.8, 4) is 5.95 Å². The van der Waals surface area contributed by atoms with Crippen LogP contribution < -0.4 is 11.1 Å². The fourth-order valence-electron chi connectivity index (χ4n) is 3.17. The van der Waals surface area contributed by atoms with E-state index in [9.17, 15) is 14.4 Å². The number of carbonyl (C=O) groups is 3. The van der Waals surface area contributed by atoms with Crippen molar-refractivity contribution in [2.45, 2.75) is 12.5 Å². The Morgan fingerprint density at radius 1 is 1.13 bits per heavy atom. The topological polar surface area (TPSA) is 149 Å². The number of carbonyl (C=O) groups excluding carboxylic acids is 3. The van der Waals surface area contributed by atoms with Crippen molar-refractivity contribution in [1.82, 2.24) is 29.8 Å². The Kier molecular flexibility index (Phi) is 5.04. The monoisotopic (exact) mass is 403 g/mol. The summed E-state index contributed by atoms with van der Waals surface area (Å²) in [6, 6.07) is 8.01. The number of hydrogen-bond acceptors (Lipinski definition) is 6. The summed E-state index contributed by atoms with van der Waals surface area (Å²) in [7, 11) is 0. The van der Waals surface area contributed by atoms with Gasteiger partial charge in [0.2, 0.25) is 11.7 Å². The van der Waals surface area contributed by atoms with E-state index in [4.69, 9.17) is 5.73 Å². The molecule has 0 saturated carbocycles. The van der Waals surface area contributed by atoms with Crippen molar-refractivity contribution in [2.24, 2.45) is 5.73 Å². The van der Waals surface area contributed by atoms with Gasteiger partial charge < -0.3 is 16.0 Å². The molecule has 0 aliphatic rings. The Morgan fingerprint density at radius 3 is 2.67 bits per heavy atom. The van der Waals surface area contributed by atoms with E-state index in [0.717, 1.165) is 16.5 Å². The average molecular weight is 403 g/mol. The number of nitrogens with one attached hydrogen (secondary N) is 2. The highest BCUT2D eigenvalue weighted by Gasteiger charge is 2.28. The van der Waals surface area contributed by atoms with Crippen LogP contribution in [0.4, 0.5) is 0 Å². The van der Waals surface area contributed by atoms with Gasteiger partial charge in [0.15, 0.2) is 0 Å². The molecule has 4 N–H and O–H groups in total. The fourth-order valence-corrected chi connectivity index (χ4v) is 3.17. The van der Waals surface area contributed by atoms with Crippen molar-refractivity contribution in [1.29, 1.82) is 0 Å². The molecule has 0 bridgehead atoms. The Balaban J connectivity index is 1.62. The molecular weight excluding hydrogens is 386 g/mol. The molecule has 0 aliphatic heterocycles. The fraction of sp³-hybridized carbons (Fsp3) is 0.100. The van der Waals surface area contributed by atoms with E-state index >= 15 is 0 Å². The van der Waals surface area contributed by atoms with Crippen LogP contribution in [0.3, 0.4) is 0 Å². The minimum absolute atomic E-state index is 0.0908. The van der Waals surface area contributed by atoms with Crippen LogP contribution in [-0.4, -0.2) is 48.1 Å². The standard InChI is InChI=1S/C20H17N7O3/c21-18(29)17(28)15(8-12-9-25-14-5-2-1-4-13(12)14)26-19(30)16-10-22-11-27(16)20-23-6-3-7-24-20/h1-7,9-11,15,25H,8H2,(H2,21,29)(H,26,30). The zero-order chi connectivity index (χ0) is 21.1. The summed E-state index contributed by atoms with van der Waals surface area (Å²) in [5.74, 6) is -2.38. The third-order valence-corrected chi connectivity index (χ3v) is 4.60. The lowest BCUT2D eigenvalue weighted by molar-refractivity contribution is -0.137. The molecular formula is C20H17N7O3. The Morgan fingerprint density at radius 2 is 1.90 bits per heavy atom. The van der Waals surface area contributed by atoms with Gasteiger partial charge in [-0.05, 0) is 17.7 Å². The van der Waals surface area contributed by atoms with Gasteiger partial charge >= 0.3 is 0 Å². The second-order valence-corrected chi connectivity index (χ2v) is 6.52. The molecule has 1 atom stereocenters. The van der Waals surface area contributed by atoms with Crippen LogP contribution in [0.1, 0.15) is 16.1 Å². The van der Waals surface area contributed by atoms with E-state index < -0.39 is 23.6 Å². The van der Waals surface area contributed by atoms with E-state index in [2.05, 4.69) is 25.3 Å². The van der Waals surface area contributed by atoms with Crippen LogP contribution in [0.25, 0.3) is 16.9 Å². The predicted octanol–water partition coefficient (Wildman–Crippen LogP) is 0.539. The molecule has 4 aromatic rings. The summed E-state index contributed by atoms with van der Waals surface area (Å²) >= 11 is 0. The van der Waals surface area contributed by atoms with Gasteiger partial charge in [0.1, 0.15) is 18.1 Å². The SMILES string of the molecule is NC(=O)C(=O)C(Cc1c[nH]c2ccccc12)NC(=O)c1cncn1-c1ncccn1. The first-order chi connectivity index (χ1) is 14.5. The third kappa shape index (κ3) is 3.65. The molecule has 0 fully saturated rings. The van der Waals surface area contributed by atoms with E-state index in [0.29, 0.717) is 0 Å². The maximum absolute atomic E-state index is 12.9. The summed E-state index contributed by atoms with van der Waals surface area (Å²) in [6.45, 7) is 0. The quantitative estimate of drug-likeness (QED) is 0.384. The molecule has 0 aliphatic carbocycles. The second-order valence-electron chi connectivity index (χ2n) is 6.52. The number of Topliss-reactive ketones (excluding diaryl/α,β-unsaturated/α-hetero) is 1. The van der Waals surface area contributed by atoms with Gasteiger partial charge in [0.25, 0.3) is 11.8 Å². The number of nitrogens with two attached hydrogens (primary N) is 1. The van der Waals surface area contributed by atoms with Gasteiger partial charge in [-0.2, -0.15) is 0 Å². The Labute approximate surface area is 170 Å². The first-order valence-electron chi connectivity index (χ1n) is 9.04. The molecule has 150 valence electrons. The van der Waals surface area contributed by atoms with Crippen LogP contribution in [0.2, 0.25) is 0 Å². The van der Waals surface area contributed by atoms with Gasteiger partial charge in [0, 0.05) is 35.9 Å². The molecule has 3 heterocycles. The number of H-pyrrole nitrogens is 1. The van der Waals surface area contributed by atoms with Gasteiger partial charge in [0.05, 0.1) is 6.20 Å². The lowest BCUT2D eigenvalue weighted by Crippen LogP contribution is -2.47. The van der Waals surface area contributed by atoms with E-state index in [-0.39, 0.29) is 18.1 Å². The van der Waals surface area contributed by atoms with Crippen molar-refractivity contribution in [3.05, 3.63) is 72.7 Å². The molecule has 1 unspecified atom stereocenters. The molecule has 10 nitrogen and oxygen atoms in total. The van der Waals surface area contributed by atoms with E-state index in [1.807, 2.05) is 24.3 Å². The number of fused-ring (bicyclic) bond motifs is 1. The molecule has 2 amide bonds. The largest absolute Gasteiger partial charge is 0.363 e. The number of benzene rings is 1. The van der Waals surface area contributed by atoms with Crippen LogP contribution in [0, 0.1) is 0 Å². The number of primary amides is 1. The minimum Gasteiger partial charge on any atom is -0.363 e. The Bertz CT molecular complexity index is 1230. The molecule has 0 spiro atoms. The molecule has 0 radical (unpaired) electrons. The summed E-state index contributed by atoms with van der Waals surface area (Å²) in [5.41, 5.74) is 6.97. The molecule has 0 saturated heterocycles. The number of hydrogen-bond donors (Lipinski definition) is 3. The van der Waals surface area contributed by atoms with Crippen molar-refractivity contribution >= 4 is 28.5 Å². The van der Waals surface area contributed by atoms with Crippen LogP contribution in [0.15, 0.2) is 61.4 Å². The first-order valence-corrected chi connectivity index (χ1v) is 9.04. The number of aromatic nitrogens is 5. The number of imidazole rings is 1. The molecule has 10 heteroatoms. The Hall–Kier alpha value is -4.34. The second kappa shape index (κ2) is 7.95. The summed E-state index contributed by atoms with van der Waals surface area (Å²) in [6.07, 6.45) is 7.59. The van der Waals surface area contributed by atoms with Gasteiger partial charge in [-0.25, -0.2) is 15.0 Å². The smallest absolute Gasteiger partial charge is 0.287 e. The van der Waals surface area contributed by atoms with Crippen LogP contribution in [-0.2, 0) is 16.0 Å². The summed E-state index contributed by atoms with van der Waals surface area (Å²) in [5, 5.41) is 3.48. The predicted molar refractivity (Wildman–Crippen MR) is 107 cm³/mol. The summed E-state index contributed by atoms with van der Waals surface area (Å²) in [4.78, 5) is 52.1. The highest BCUT2D eigenvalue weighted by atomic mass is 16.2. The molecule has 4 rings (SSSR count). The zero-order valence-corrected chi connectivity index (χ0v) is 15.6. The van der Waals surface area contributed by atoms with Gasteiger partial charge in [-0.15, -0.1) is 0 Å². The minimum atomic E-state index is -1.14. The lowest BCUT2D eigenvalue weighted by atomic mass is 10.0. The number of aromatic amines is 1. The highest BCUT2D eigenvalue weighted by molar-refractivity contribution is 6.38. The normalized spacial score (nSPS) is 11.9. The van der Waals surface area contributed by atoms with Gasteiger partial charge in [-0.1, -0.05) is 18.2 Å². The molecule has 3 aromatic heterocycles. The highest BCUT2D eigenvalue weighted by Crippen LogP contribution is 2.19. The zero-order valence-electron chi connectivity index (χ0n) is 15.6. The number of ketones is 1. The first kappa shape index (κ1) is 19.0. The lowest BCUT2D eigenvalue weighted by Gasteiger charge is -2.16. The number of rotatable bonds is 7. The van der Waals surface area contributed by atoms with Gasteiger partial charge in [-0.3, -0.25) is 19.0 Å². The maximum Gasteiger partial charge on any atom is 0.287 e. The third-order valence-electron chi connectivity index (χ3n) is 4.60. The van der Waals surface area contributed by atoms with E-state index in [1.165, 1.54) is 29.5 Å². The summed E-state index contributed by atoms with van der Waals surface area (Å²) < 4.78 is 1.38.